The van der Waals surface area contributed by atoms with Gasteiger partial charge in [0.05, 0.1) is 0 Å². The van der Waals surface area contributed by atoms with E-state index in [9.17, 15) is 9.59 Å². The number of nitrogens with one attached hydrogen (secondary N) is 3. The van der Waals surface area contributed by atoms with E-state index >= 15 is 0 Å². The molecule has 0 aliphatic heterocycles. The van der Waals surface area contributed by atoms with Gasteiger partial charge in [0.15, 0.2) is 5.82 Å². The molecule has 9 nitrogen and oxygen atoms in total. The Labute approximate surface area is 224 Å². The lowest BCUT2D eigenvalue weighted by molar-refractivity contribution is -0.123. The monoisotopic (exact) mass is 523 g/mol. The summed E-state index contributed by atoms with van der Waals surface area (Å²) in [6.45, 7) is 7.93. The quantitative estimate of drug-likeness (QED) is 0.448. The Kier molecular flexibility index (Phi) is 7.49. The molecule has 5 rings (SSSR count). The Morgan fingerprint density at radius 3 is 2.50 bits per heavy atom. The van der Waals surface area contributed by atoms with Crippen molar-refractivity contribution in [2.45, 2.75) is 114 Å². The predicted octanol–water partition coefficient (Wildman–Crippen LogP) is 4.30. The molecule has 0 saturated heterocycles. The van der Waals surface area contributed by atoms with Crippen molar-refractivity contribution in [1.82, 2.24) is 26.1 Å². The van der Waals surface area contributed by atoms with Crippen molar-refractivity contribution in [3.63, 3.8) is 0 Å². The largest absolute Gasteiger partial charge is 0.444 e. The second-order valence-electron chi connectivity index (χ2n) is 12.4. The van der Waals surface area contributed by atoms with Crippen LogP contribution in [-0.2, 0) is 14.9 Å². The summed E-state index contributed by atoms with van der Waals surface area (Å²) in [6, 6.07) is 10.7. The second-order valence-corrected chi connectivity index (χ2v) is 12.4. The lowest BCUT2D eigenvalue weighted by Crippen LogP contribution is -2.49. The van der Waals surface area contributed by atoms with Gasteiger partial charge in [0.2, 0.25) is 11.8 Å². The van der Waals surface area contributed by atoms with Crippen molar-refractivity contribution in [1.29, 1.82) is 0 Å². The van der Waals surface area contributed by atoms with Crippen LogP contribution in [0.5, 0.6) is 0 Å². The number of carbonyl (C=O) groups excluding carboxylic acids is 2. The van der Waals surface area contributed by atoms with Crippen molar-refractivity contribution in [2.75, 3.05) is 6.54 Å². The van der Waals surface area contributed by atoms with Gasteiger partial charge in [-0.2, -0.15) is 4.98 Å². The number of carbonyl (C=O) groups is 2. The van der Waals surface area contributed by atoms with Crippen LogP contribution in [0.25, 0.3) is 0 Å². The third kappa shape index (κ3) is 6.54. The average molecular weight is 524 g/mol. The highest BCUT2D eigenvalue weighted by Crippen LogP contribution is 2.48. The second kappa shape index (κ2) is 10.7. The summed E-state index contributed by atoms with van der Waals surface area (Å²) >= 11 is 0. The molecule has 206 valence electrons. The maximum Gasteiger partial charge on any atom is 0.408 e. The Balaban J connectivity index is 1.05. The van der Waals surface area contributed by atoms with E-state index in [1.165, 1.54) is 12.0 Å². The maximum atomic E-state index is 12.6. The maximum absolute atomic E-state index is 12.6. The number of amides is 2. The average Bonchev–Trinajstić information content (AvgIpc) is 3.79. The molecule has 38 heavy (non-hydrogen) atoms. The van der Waals surface area contributed by atoms with Crippen LogP contribution in [0.2, 0.25) is 0 Å². The van der Waals surface area contributed by atoms with E-state index in [0.29, 0.717) is 12.0 Å². The van der Waals surface area contributed by atoms with E-state index < -0.39 is 17.7 Å². The van der Waals surface area contributed by atoms with Crippen molar-refractivity contribution < 1.29 is 18.8 Å². The van der Waals surface area contributed by atoms with Gasteiger partial charge in [-0.05, 0) is 78.2 Å². The van der Waals surface area contributed by atoms with Crippen molar-refractivity contribution in [3.05, 3.63) is 47.6 Å². The van der Waals surface area contributed by atoms with Gasteiger partial charge in [-0.25, -0.2) is 4.79 Å². The SMILES string of the molecule is C[C@H](NC(=O)OC(C)(C)C)C(=O)N[C@H]1CC[C@H](c2nc(C3(CN[C@@H]4C[C@H]4c4ccccc4)CC3)no2)CC1. The summed E-state index contributed by atoms with van der Waals surface area (Å²) < 4.78 is 11.0. The van der Waals surface area contributed by atoms with Gasteiger partial charge in [0.1, 0.15) is 11.6 Å². The van der Waals surface area contributed by atoms with Crippen LogP contribution in [0, 0.1) is 0 Å². The van der Waals surface area contributed by atoms with Crippen LogP contribution in [0.1, 0.15) is 102 Å². The zero-order chi connectivity index (χ0) is 26.9. The summed E-state index contributed by atoms with van der Waals surface area (Å²) in [7, 11) is 0. The highest BCUT2D eigenvalue weighted by Gasteiger charge is 2.50. The number of alkyl carbamates (subject to hydrolysis) is 1. The predicted molar refractivity (Wildman–Crippen MR) is 143 cm³/mol. The number of nitrogens with zero attached hydrogens (tertiary/aromatic N) is 2. The molecule has 0 radical (unpaired) electrons. The molecule has 3 aliphatic rings. The number of rotatable bonds is 9. The zero-order valence-electron chi connectivity index (χ0n) is 23.0. The summed E-state index contributed by atoms with van der Waals surface area (Å²) in [6.07, 6.45) is 6.22. The topological polar surface area (TPSA) is 118 Å². The van der Waals surface area contributed by atoms with Crippen LogP contribution in [0.4, 0.5) is 4.79 Å². The minimum absolute atomic E-state index is 0.00797. The molecule has 3 aliphatic carbocycles. The first kappa shape index (κ1) is 26.7. The summed E-state index contributed by atoms with van der Waals surface area (Å²) in [4.78, 5) is 29.4. The highest BCUT2D eigenvalue weighted by atomic mass is 16.6. The van der Waals surface area contributed by atoms with Crippen LogP contribution >= 0.6 is 0 Å². The summed E-state index contributed by atoms with van der Waals surface area (Å²) in [5.41, 5.74) is 0.817. The molecule has 0 spiro atoms. The first-order valence-electron chi connectivity index (χ1n) is 14.0. The minimum Gasteiger partial charge on any atom is -0.444 e. The Morgan fingerprint density at radius 1 is 1.13 bits per heavy atom. The van der Waals surface area contributed by atoms with Crippen molar-refractivity contribution in [2.24, 2.45) is 0 Å². The van der Waals surface area contributed by atoms with Gasteiger partial charge in [0, 0.05) is 35.9 Å². The smallest absolute Gasteiger partial charge is 0.408 e. The van der Waals surface area contributed by atoms with Gasteiger partial charge >= 0.3 is 6.09 Å². The molecule has 3 atom stereocenters. The van der Waals surface area contributed by atoms with E-state index in [4.69, 9.17) is 14.2 Å². The standard InChI is InChI=1S/C29H41N5O4/c1-18(31-27(36)37-28(2,3)4)24(35)32-21-12-10-20(11-13-21)25-33-26(34-38-25)29(14-15-29)17-30-23-16-22(23)19-8-6-5-7-9-19/h5-9,18,20-23,30H,10-17H2,1-4H3,(H,31,36)(H,32,35)/t18-,20-,21-,22-,23+/m0/s1. The van der Waals surface area contributed by atoms with E-state index in [1.54, 1.807) is 27.7 Å². The van der Waals surface area contributed by atoms with Crippen molar-refractivity contribution >= 4 is 12.0 Å². The van der Waals surface area contributed by atoms with E-state index in [2.05, 4.69) is 51.4 Å². The van der Waals surface area contributed by atoms with Crippen LogP contribution in [-0.4, -0.2) is 52.4 Å². The van der Waals surface area contributed by atoms with Gasteiger partial charge < -0.3 is 25.2 Å². The fourth-order valence-electron chi connectivity index (χ4n) is 5.42. The molecule has 0 bridgehead atoms. The molecule has 1 aromatic heterocycles. The summed E-state index contributed by atoms with van der Waals surface area (Å²) in [5.74, 6) is 2.20. The minimum atomic E-state index is -0.664. The molecular weight excluding hydrogens is 482 g/mol. The third-order valence-corrected chi connectivity index (χ3v) is 8.04. The zero-order valence-corrected chi connectivity index (χ0v) is 23.0. The molecule has 1 aromatic carbocycles. The van der Waals surface area contributed by atoms with E-state index in [0.717, 1.165) is 56.8 Å². The van der Waals surface area contributed by atoms with Gasteiger partial charge in [0.25, 0.3) is 0 Å². The van der Waals surface area contributed by atoms with Crippen molar-refractivity contribution in [3.8, 4) is 0 Å². The Hall–Kier alpha value is -2.94. The van der Waals surface area contributed by atoms with Crippen LogP contribution in [0.3, 0.4) is 0 Å². The molecule has 3 fully saturated rings. The fourth-order valence-corrected chi connectivity index (χ4v) is 5.42. The Morgan fingerprint density at radius 2 is 1.84 bits per heavy atom. The Bertz CT molecular complexity index is 1120. The number of hydrogen-bond donors (Lipinski definition) is 3. The number of aromatic nitrogens is 2. The molecule has 9 heteroatoms. The normalized spacial score (nSPS) is 26.7. The molecule has 3 saturated carbocycles. The molecule has 1 heterocycles. The van der Waals surface area contributed by atoms with Crippen LogP contribution in [0.15, 0.2) is 34.9 Å². The van der Waals surface area contributed by atoms with Gasteiger partial charge in [-0.3, -0.25) is 4.79 Å². The molecule has 0 unspecified atom stereocenters. The fraction of sp³-hybridized carbons (Fsp3) is 0.655. The number of benzene rings is 1. The lowest BCUT2D eigenvalue weighted by Gasteiger charge is -2.28. The molecular formula is C29H41N5O4. The van der Waals surface area contributed by atoms with E-state index in [1.807, 2.05) is 0 Å². The molecule has 2 amide bonds. The third-order valence-electron chi connectivity index (χ3n) is 8.04. The van der Waals surface area contributed by atoms with Gasteiger partial charge in [-0.15, -0.1) is 0 Å². The van der Waals surface area contributed by atoms with Gasteiger partial charge in [-0.1, -0.05) is 35.5 Å². The van der Waals surface area contributed by atoms with E-state index in [-0.39, 0.29) is 23.3 Å². The first-order chi connectivity index (χ1) is 18.1. The number of hydrogen-bond acceptors (Lipinski definition) is 7. The number of ether oxygens (including phenoxy) is 1. The highest BCUT2D eigenvalue weighted by molar-refractivity contribution is 5.85. The summed E-state index contributed by atoms with van der Waals surface area (Å²) in [5, 5.41) is 13.8. The lowest BCUT2D eigenvalue weighted by atomic mass is 9.86. The first-order valence-corrected chi connectivity index (χ1v) is 14.0. The molecule has 2 aromatic rings. The molecule has 3 N–H and O–H groups in total. The van der Waals surface area contributed by atoms with Crippen LogP contribution < -0.4 is 16.0 Å².